The van der Waals surface area contributed by atoms with E-state index in [0.717, 1.165) is 38.4 Å². The summed E-state index contributed by atoms with van der Waals surface area (Å²) in [4.78, 5) is 0. The molecule has 2 nitrogen and oxygen atoms in total. The third kappa shape index (κ3) is 3.68. The Hall–Kier alpha value is -1.72. The Bertz CT molecular complexity index is 629. The second-order valence-electron chi connectivity index (χ2n) is 6.00. The van der Waals surface area contributed by atoms with E-state index in [1.54, 1.807) is 0 Å². The van der Waals surface area contributed by atoms with Crippen LogP contribution in [-0.2, 0) is 13.0 Å². The van der Waals surface area contributed by atoms with Crippen molar-refractivity contribution in [2.45, 2.75) is 51.1 Å². The molecule has 0 aliphatic heterocycles. The molecule has 3 rings (SSSR count). The Morgan fingerprint density at radius 3 is 2.90 bits per heavy atom. The number of hydrogen-bond acceptors (Lipinski definition) is 1. The van der Waals surface area contributed by atoms with Crippen molar-refractivity contribution in [2.24, 2.45) is 0 Å². The third-order valence-corrected chi connectivity index (χ3v) is 4.22. The lowest BCUT2D eigenvalue weighted by atomic mass is 10.1. The number of nitrogens with one attached hydrogen (secondary N) is 1. The minimum Gasteiger partial charge on any atom is -0.347 e. The molecule has 2 heteroatoms. The van der Waals surface area contributed by atoms with Gasteiger partial charge in [-0.05, 0) is 50.3 Å². The average Bonchev–Trinajstić information content (AvgIpc) is 3.27. The van der Waals surface area contributed by atoms with Gasteiger partial charge in [0.1, 0.15) is 0 Å². The van der Waals surface area contributed by atoms with Gasteiger partial charge in [0.25, 0.3) is 0 Å². The largest absolute Gasteiger partial charge is 0.347 e. The molecule has 1 fully saturated rings. The molecule has 1 aliphatic rings. The number of aryl methyl sites for hydroxylation is 2. The number of unbranched alkanes of at least 4 members (excludes halogenated alkanes) is 1. The first kappa shape index (κ1) is 14.2. The van der Waals surface area contributed by atoms with Crippen molar-refractivity contribution in [3.05, 3.63) is 36.0 Å². The van der Waals surface area contributed by atoms with Gasteiger partial charge in [-0.3, -0.25) is 0 Å². The van der Waals surface area contributed by atoms with Gasteiger partial charge in [0.05, 0.1) is 0 Å². The van der Waals surface area contributed by atoms with Gasteiger partial charge in [-0.25, -0.2) is 0 Å². The first-order chi connectivity index (χ1) is 10.4. The topological polar surface area (TPSA) is 17.0 Å². The number of rotatable bonds is 8. The number of nitrogens with zero attached hydrogens (tertiary/aromatic N) is 1. The second-order valence-corrected chi connectivity index (χ2v) is 6.00. The monoisotopic (exact) mass is 280 g/mol. The van der Waals surface area contributed by atoms with Crippen LogP contribution in [0.2, 0.25) is 0 Å². The summed E-state index contributed by atoms with van der Waals surface area (Å²) in [5.74, 6) is 2.73. The smallest absolute Gasteiger partial charge is 0.0483 e. The average molecular weight is 280 g/mol. The number of hydrogen-bond donors (Lipinski definition) is 1. The van der Waals surface area contributed by atoms with E-state index < -0.39 is 0 Å². The molecular formula is C19H24N2. The van der Waals surface area contributed by atoms with Crippen molar-refractivity contribution in [3.8, 4) is 12.3 Å². The van der Waals surface area contributed by atoms with Gasteiger partial charge in [-0.2, -0.15) is 0 Å². The van der Waals surface area contributed by atoms with E-state index in [1.807, 2.05) is 0 Å². The summed E-state index contributed by atoms with van der Waals surface area (Å²) in [5.41, 5.74) is 2.82. The molecular weight excluding hydrogens is 256 g/mol. The molecule has 0 bridgehead atoms. The zero-order valence-corrected chi connectivity index (χ0v) is 12.6. The van der Waals surface area contributed by atoms with Crippen molar-refractivity contribution in [1.29, 1.82) is 0 Å². The second kappa shape index (κ2) is 6.83. The highest BCUT2D eigenvalue weighted by molar-refractivity contribution is 5.83. The molecule has 1 saturated carbocycles. The molecule has 1 aromatic carbocycles. The van der Waals surface area contributed by atoms with Crippen LogP contribution in [0.5, 0.6) is 0 Å². The van der Waals surface area contributed by atoms with Gasteiger partial charge in [0.15, 0.2) is 0 Å². The van der Waals surface area contributed by atoms with Gasteiger partial charge in [-0.15, -0.1) is 12.3 Å². The number of aromatic nitrogens is 1. The Morgan fingerprint density at radius 1 is 1.24 bits per heavy atom. The van der Waals surface area contributed by atoms with E-state index >= 15 is 0 Å². The summed E-state index contributed by atoms with van der Waals surface area (Å²) in [6.45, 7) is 2.16. The number of para-hydroxylation sites is 1. The summed E-state index contributed by atoms with van der Waals surface area (Å²) in [7, 11) is 0. The summed E-state index contributed by atoms with van der Waals surface area (Å²) >= 11 is 0. The van der Waals surface area contributed by atoms with E-state index in [2.05, 4.69) is 46.3 Å². The summed E-state index contributed by atoms with van der Waals surface area (Å²) in [5, 5.41) is 5.00. The van der Waals surface area contributed by atoms with Crippen LogP contribution in [0, 0.1) is 12.3 Å². The Morgan fingerprint density at radius 2 is 2.10 bits per heavy atom. The van der Waals surface area contributed by atoms with Crippen molar-refractivity contribution >= 4 is 10.9 Å². The lowest BCUT2D eigenvalue weighted by Crippen LogP contribution is -2.17. The summed E-state index contributed by atoms with van der Waals surface area (Å²) < 4.78 is 2.37. The van der Waals surface area contributed by atoms with E-state index in [4.69, 9.17) is 6.42 Å². The highest BCUT2D eigenvalue weighted by atomic mass is 15.0. The van der Waals surface area contributed by atoms with Gasteiger partial charge in [0, 0.05) is 36.1 Å². The first-order valence-electron chi connectivity index (χ1n) is 8.12. The van der Waals surface area contributed by atoms with E-state index in [0.29, 0.717) is 0 Å². The molecule has 0 saturated heterocycles. The van der Waals surface area contributed by atoms with Crippen LogP contribution in [0.3, 0.4) is 0 Å². The fourth-order valence-corrected chi connectivity index (χ4v) is 2.93. The van der Waals surface area contributed by atoms with E-state index in [1.165, 1.54) is 35.7 Å². The van der Waals surface area contributed by atoms with Gasteiger partial charge >= 0.3 is 0 Å². The number of fused-ring (bicyclic) bond motifs is 1. The zero-order chi connectivity index (χ0) is 14.5. The highest BCUT2D eigenvalue weighted by Gasteiger charge is 2.19. The van der Waals surface area contributed by atoms with Crippen molar-refractivity contribution in [2.75, 3.05) is 6.54 Å². The maximum atomic E-state index is 5.35. The molecule has 0 radical (unpaired) electrons. The Labute approximate surface area is 127 Å². The van der Waals surface area contributed by atoms with Crippen LogP contribution in [0.15, 0.2) is 30.5 Å². The van der Waals surface area contributed by atoms with E-state index in [-0.39, 0.29) is 0 Å². The SMILES string of the molecule is C#CCCCn1cc(CCCNC2CC2)c2ccccc21. The van der Waals surface area contributed by atoms with Crippen LogP contribution in [0.1, 0.15) is 37.7 Å². The standard InChI is InChI=1S/C19H24N2/c1-2-3-6-14-21-15-16(8-7-13-20-17-11-12-17)18-9-4-5-10-19(18)21/h1,4-5,9-10,15,17,20H,3,6-8,11-14H2. The lowest BCUT2D eigenvalue weighted by molar-refractivity contribution is 0.642. The molecule has 110 valence electrons. The molecule has 1 aliphatic carbocycles. The fraction of sp³-hybridized carbons (Fsp3) is 0.474. The molecule has 0 spiro atoms. The third-order valence-electron chi connectivity index (χ3n) is 4.22. The number of terminal acetylenes is 1. The van der Waals surface area contributed by atoms with Gasteiger partial charge < -0.3 is 9.88 Å². The maximum Gasteiger partial charge on any atom is 0.0483 e. The quantitative estimate of drug-likeness (QED) is 0.576. The predicted molar refractivity (Wildman–Crippen MR) is 89.4 cm³/mol. The van der Waals surface area contributed by atoms with Crippen molar-refractivity contribution in [1.82, 2.24) is 9.88 Å². The minimum absolute atomic E-state index is 0.815. The zero-order valence-electron chi connectivity index (χ0n) is 12.6. The minimum atomic E-state index is 0.815. The predicted octanol–water partition coefficient (Wildman–Crippen LogP) is 3.74. The van der Waals surface area contributed by atoms with Crippen molar-refractivity contribution < 1.29 is 0 Å². The van der Waals surface area contributed by atoms with E-state index in [9.17, 15) is 0 Å². The van der Waals surface area contributed by atoms with Gasteiger partial charge in [0.2, 0.25) is 0 Å². The molecule has 21 heavy (non-hydrogen) atoms. The van der Waals surface area contributed by atoms with Crippen LogP contribution in [0.4, 0.5) is 0 Å². The maximum absolute atomic E-state index is 5.35. The molecule has 0 atom stereocenters. The summed E-state index contributed by atoms with van der Waals surface area (Å²) in [6, 6.07) is 9.54. The van der Waals surface area contributed by atoms with Crippen LogP contribution in [-0.4, -0.2) is 17.2 Å². The highest BCUT2D eigenvalue weighted by Crippen LogP contribution is 2.23. The Kier molecular flexibility index (Phi) is 4.62. The van der Waals surface area contributed by atoms with Gasteiger partial charge in [-0.1, -0.05) is 18.2 Å². The molecule has 0 unspecified atom stereocenters. The first-order valence-corrected chi connectivity index (χ1v) is 8.12. The van der Waals surface area contributed by atoms with Crippen LogP contribution >= 0.6 is 0 Å². The summed E-state index contributed by atoms with van der Waals surface area (Å²) in [6.07, 6.45) is 14.7. The molecule has 1 heterocycles. The lowest BCUT2D eigenvalue weighted by Gasteiger charge is -2.02. The van der Waals surface area contributed by atoms with Crippen LogP contribution in [0.25, 0.3) is 10.9 Å². The molecule has 0 amide bonds. The Balaban J connectivity index is 1.66. The molecule has 2 aromatic rings. The normalized spacial score (nSPS) is 14.4. The van der Waals surface area contributed by atoms with Crippen LogP contribution < -0.4 is 5.32 Å². The molecule has 1 N–H and O–H groups in total. The molecule has 1 aromatic heterocycles. The fourth-order valence-electron chi connectivity index (χ4n) is 2.93. The number of benzene rings is 1. The van der Waals surface area contributed by atoms with Crippen molar-refractivity contribution in [3.63, 3.8) is 0 Å².